The van der Waals surface area contributed by atoms with E-state index in [1.807, 2.05) is 24.9 Å². The molecule has 0 aliphatic carbocycles. The fourth-order valence-corrected chi connectivity index (χ4v) is 4.73. The SMILES string of the molecule is C=C1/C=C/c2c(OCC)nn(C(C)CC)c2CN(C)CC(C)Oc2c(cnn2C)-c2ccc(C)c1c2. The Bertz CT molecular complexity index is 1270. The summed E-state index contributed by atoms with van der Waals surface area (Å²) in [5.41, 5.74) is 7.37. The van der Waals surface area contributed by atoms with Crippen LogP contribution < -0.4 is 9.47 Å². The minimum absolute atomic E-state index is 0.0421. The van der Waals surface area contributed by atoms with Crippen molar-refractivity contribution in [3.63, 3.8) is 0 Å². The molecule has 1 aromatic carbocycles. The van der Waals surface area contributed by atoms with E-state index < -0.39 is 0 Å². The van der Waals surface area contributed by atoms with E-state index in [9.17, 15) is 0 Å². The Morgan fingerprint density at radius 1 is 1.19 bits per heavy atom. The normalized spacial score (nSPS) is 18.4. The number of benzene rings is 1. The first-order valence-corrected chi connectivity index (χ1v) is 12.8. The lowest BCUT2D eigenvalue weighted by atomic mass is 9.96. The lowest BCUT2D eigenvalue weighted by Gasteiger charge is -2.24. The number of allylic oxidation sites excluding steroid dienone is 2. The van der Waals surface area contributed by atoms with Crippen LogP contribution in [0.25, 0.3) is 22.8 Å². The zero-order valence-corrected chi connectivity index (χ0v) is 22.7. The second kappa shape index (κ2) is 10.7. The molecule has 4 rings (SSSR count). The molecule has 1 aliphatic rings. The quantitative estimate of drug-likeness (QED) is 0.457. The molecule has 36 heavy (non-hydrogen) atoms. The first-order valence-electron chi connectivity index (χ1n) is 12.8. The number of fused-ring (bicyclic) bond motifs is 5. The van der Waals surface area contributed by atoms with Crippen LogP contribution in [0.4, 0.5) is 0 Å². The summed E-state index contributed by atoms with van der Waals surface area (Å²) < 4.78 is 16.4. The maximum absolute atomic E-state index is 6.47. The molecule has 7 heteroatoms. The predicted octanol–water partition coefficient (Wildman–Crippen LogP) is 5.90. The van der Waals surface area contributed by atoms with Gasteiger partial charge in [0.15, 0.2) is 0 Å². The molecule has 3 aromatic rings. The van der Waals surface area contributed by atoms with E-state index >= 15 is 0 Å². The molecule has 192 valence electrons. The van der Waals surface area contributed by atoms with Gasteiger partial charge in [0.2, 0.25) is 11.8 Å². The van der Waals surface area contributed by atoms with Crippen LogP contribution in [0.2, 0.25) is 0 Å². The van der Waals surface area contributed by atoms with Gasteiger partial charge < -0.3 is 9.47 Å². The molecule has 0 amide bonds. The van der Waals surface area contributed by atoms with Crippen molar-refractivity contribution >= 4 is 11.6 Å². The maximum atomic E-state index is 6.47. The lowest BCUT2D eigenvalue weighted by Crippen LogP contribution is -2.32. The number of aromatic nitrogens is 4. The standard InChI is InChI=1S/C29H39N5O2/c1-9-21(5)34-27-18-32(7)17-22(6)36-29-26(16-30-33(29)8)23-13-11-19(3)25(15-23)20(4)12-14-24(27)28(31-34)35-10-2/h11-16,21-22H,4,9-10,17-18H2,1-3,5-8H3/b14-12+. The van der Waals surface area contributed by atoms with E-state index in [-0.39, 0.29) is 12.1 Å². The molecule has 2 bridgehead atoms. The van der Waals surface area contributed by atoms with Crippen LogP contribution >= 0.6 is 0 Å². The minimum atomic E-state index is -0.0421. The fourth-order valence-electron chi connectivity index (χ4n) is 4.73. The number of hydrogen-bond donors (Lipinski definition) is 0. The molecule has 0 spiro atoms. The molecular weight excluding hydrogens is 450 g/mol. The van der Waals surface area contributed by atoms with Crippen molar-refractivity contribution in [1.29, 1.82) is 0 Å². The van der Waals surface area contributed by atoms with Gasteiger partial charge in [-0.2, -0.15) is 5.10 Å². The first-order chi connectivity index (χ1) is 17.2. The third kappa shape index (κ3) is 5.12. The van der Waals surface area contributed by atoms with Crippen LogP contribution in [0.15, 0.2) is 37.1 Å². The van der Waals surface area contributed by atoms with Crippen LogP contribution in [0, 0.1) is 6.92 Å². The lowest BCUT2D eigenvalue weighted by molar-refractivity contribution is 0.146. The van der Waals surface area contributed by atoms with Crippen molar-refractivity contribution in [3.8, 4) is 22.9 Å². The van der Waals surface area contributed by atoms with Gasteiger partial charge in [-0.05, 0) is 75.6 Å². The van der Waals surface area contributed by atoms with Crippen LogP contribution in [0.5, 0.6) is 11.8 Å². The average molecular weight is 490 g/mol. The van der Waals surface area contributed by atoms with Crippen LogP contribution in [0.1, 0.15) is 62.5 Å². The summed E-state index contributed by atoms with van der Waals surface area (Å²) in [7, 11) is 4.04. The molecule has 0 fully saturated rings. The first kappa shape index (κ1) is 25.8. The van der Waals surface area contributed by atoms with Crippen molar-refractivity contribution in [1.82, 2.24) is 24.5 Å². The molecule has 1 aliphatic heterocycles. The summed E-state index contributed by atoms with van der Waals surface area (Å²) in [5.74, 6) is 1.44. The summed E-state index contributed by atoms with van der Waals surface area (Å²) in [6.45, 7) is 17.0. The Balaban J connectivity index is 1.88. The van der Waals surface area contributed by atoms with E-state index in [2.05, 4.69) is 86.4 Å². The third-order valence-electron chi connectivity index (χ3n) is 6.84. The molecule has 3 heterocycles. The van der Waals surface area contributed by atoms with Gasteiger partial charge in [-0.15, -0.1) is 5.10 Å². The highest BCUT2D eigenvalue weighted by atomic mass is 16.5. The van der Waals surface area contributed by atoms with Gasteiger partial charge in [0.1, 0.15) is 6.10 Å². The third-order valence-corrected chi connectivity index (χ3v) is 6.84. The van der Waals surface area contributed by atoms with E-state index in [0.29, 0.717) is 12.5 Å². The fraction of sp³-hybridized carbons (Fsp3) is 0.448. The van der Waals surface area contributed by atoms with Crippen LogP contribution in [0.3, 0.4) is 0 Å². The van der Waals surface area contributed by atoms with E-state index in [1.165, 1.54) is 0 Å². The minimum Gasteiger partial charge on any atom is -0.476 e. The number of ether oxygens (including phenoxy) is 2. The molecule has 2 unspecified atom stereocenters. The monoisotopic (exact) mass is 489 g/mol. The Hall–Kier alpha value is -3.32. The molecule has 7 nitrogen and oxygen atoms in total. The molecule has 0 saturated carbocycles. The predicted molar refractivity (Wildman–Crippen MR) is 146 cm³/mol. The van der Waals surface area contributed by atoms with E-state index in [1.54, 1.807) is 0 Å². The average Bonchev–Trinajstić information content (AvgIpc) is 3.36. The number of nitrogens with zero attached hydrogens (tertiary/aromatic N) is 5. The summed E-state index contributed by atoms with van der Waals surface area (Å²) >= 11 is 0. The number of rotatable bonds is 4. The maximum Gasteiger partial charge on any atom is 0.240 e. The highest BCUT2D eigenvalue weighted by Crippen LogP contribution is 2.35. The summed E-state index contributed by atoms with van der Waals surface area (Å²) in [6.07, 6.45) is 7.01. The molecule has 0 N–H and O–H groups in total. The molecule has 0 radical (unpaired) electrons. The highest BCUT2D eigenvalue weighted by Gasteiger charge is 2.23. The van der Waals surface area contributed by atoms with Gasteiger partial charge in [0.25, 0.3) is 0 Å². The highest BCUT2D eigenvalue weighted by molar-refractivity contribution is 5.83. The summed E-state index contributed by atoms with van der Waals surface area (Å²) in [4.78, 5) is 2.28. The zero-order chi connectivity index (χ0) is 26.0. The van der Waals surface area contributed by atoms with Gasteiger partial charge in [-0.25, -0.2) is 4.68 Å². The number of hydrogen-bond acceptors (Lipinski definition) is 5. The van der Waals surface area contributed by atoms with Crippen molar-refractivity contribution in [2.75, 3.05) is 20.2 Å². The van der Waals surface area contributed by atoms with Crippen LogP contribution in [-0.4, -0.2) is 50.8 Å². The number of likely N-dealkylation sites (N-methyl/N-ethyl adjacent to an activating group) is 1. The smallest absolute Gasteiger partial charge is 0.240 e. The molecule has 0 saturated heterocycles. The second-order valence-electron chi connectivity index (χ2n) is 9.80. The largest absolute Gasteiger partial charge is 0.476 e. The Morgan fingerprint density at radius 3 is 2.69 bits per heavy atom. The molecular formula is C29H39N5O2. The summed E-state index contributed by atoms with van der Waals surface area (Å²) in [6, 6.07) is 6.68. The molecule has 2 atom stereocenters. The molecule has 2 aromatic heterocycles. The van der Waals surface area contributed by atoms with Crippen molar-refractivity contribution < 1.29 is 9.47 Å². The van der Waals surface area contributed by atoms with Crippen LogP contribution in [-0.2, 0) is 13.6 Å². The Labute approximate surface area is 215 Å². The van der Waals surface area contributed by atoms with E-state index in [0.717, 1.165) is 64.5 Å². The van der Waals surface area contributed by atoms with Gasteiger partial charge in [0.05, 0.1) is 29.6 Å². The second-order valence-corrected chi connectivity index (χ2v) is 9.80. The van der Waals surface area contributed by atoms with E-state index in [4.69, 9.17) is 14.6 Å². The Morgan fingerprint density at radius 2 is 1.97 bits per heavy atom. The Kier molecular flexibility index (Phi) is 7.69. The van der Waals surface area contributed by atoms with Crippen molar-refractivity contribution in [2.24, 2.45) is 7.05 Å². The van der Waals surface area contributed by atoms with Crippen molar-refractivity contribution in [2.45, 2.75) is 59.7 Å². The van der Waals surface area contributed by atoms with Gasteiger partial charge in [0, 0.05) is 26.2 Å². The zero-order valence-electron chi connectivity index (χ0n) is 22.7. The van der Waals surface area contributed by atoms with Gasteiger partial charge in [-0.1, -0.05) is 31.7 Å². The summed E-state index contributed by atoms with van der Waals surface area (Å²) in [5, 5.41) is 9.39. The van der Waals surface area contributed by atoms with Crippen molar-refractivity contribution in [3.05, 3.63) is 59.4 Å². The van der Waals surface area contributed by atoms with Gasteiger partial charge >= 0.3 is 0 Å². The van der Waals surface area contributed by atoms with Gasteiger partial charge in [-0.3, -0.25) is 9.58 Å². The number of aryl methyl sites for hydroxylation is 2. The topological polar surface area (TPSA) is 57.3 Å².